The zero-order valence-electron chi connectivity index (χ0n) is 15.2. The minimum absolute atomic E-state index is 0.276. The van der Waals surface area contributed by atoms with Crippen molar-refractivity contribution in [3.63, 3.8) is 0 Å². The maximum Gasteiger partial charge on any atom is 0.322 e. The van der Waals surface area contributed by atoms with Crippen molar-refractivity contribution in [2.75, 3.05) is 18.6 Å². The molecule has 1 saturated heterocycles. The van der Waals surface area contributed by atoms with Gasteiger partial charge >= 0.3 is 6.03 Å². The number of nitrogens with two attached hydrogens (primary N) is 2. The molecule has 0 aromatic heterocycles. The molecule has 0 radical (unpaired) electrons. The normalized spacial score (nSPS) is 18.7. The molecule has 0 saturated carbocycles. The predicted molar refractivity (Wildman–Crippen MR) is 102 cm³/mol. The van der Waals surface area contributed by atoms with Crippen LogP contribution in [0.3, 0.4) is 0 Å². The Morgan fingerprint density at radius 1 is 1.04 bits per heavy atom. The van der Waals surface area contributed by atoms with Crippen molar-refractivity contribution in [2.45, 2.75) is 25.3 Å². The molecule has 8 heteroatoms. The van der Waals surface area contributed by atoms with Gasteiger partial charge in [0.15, 0.2) is 5.75 Å². The van der Waals surface area contributed by atoms with Crippen LogP contribution in [-0.2, 0) is 11.2 Å². The summed E-state index contributed by atoms with van der Waals surface area (Å²) in [6, 6.07) is 9.92. The summed E-state index contributed by atoms with van der Waals surface area (Å²) in [5.74, 6) is 1.26. The highest BCUT2D eigenvalue weighted by atomic mass is 16.5. The van der Waals surface area contributed by atoms with Crippen LogP contribution in [-0.4, -0.2) is 24.6 Å². The molecule has 3 amide bonds. The molecule has 1 aliphatic rings. The average Bonchev–Trinajstić information content (AvgIpc) is 2.92. The fourth-order valence-corrected chi connectivity index (χ4v) is 3.10. The topological polar surface area (TPSA) is 129 Å². The van der Waals surface area contributed by atoms with Gasteiger partial charge in [0.2, 0.25) is 0 Å². The number of hydrogen-bond donors (Lipinski definition) is 4. The molecular formula is C19H22N4O4. The summed E-state index contributed by atoms with van der Waals surface area (Å²) in [4.78, 5) is 23.7. The van der Waals surface area contributed by atoms with E-state index in [-0.39, 0.29) is 12.3 Å². The first-order valence-corrected chi connectivity index (χ1v) is 8.50. The van der Waals surface area contributed by atoms with E-state index in [0.717, 1.165) is 5.56 Å². The van der Waals surface area contributed by atoms with Crippen LogP contribution >= 0.6 is 0 Å². The summed E-state index contributed by atoms with van der Waals surface area (Å²) in [5.41, 5.74) is 12.7. The Hall–Kier alpha value is -3.42. The molecule has 1 unspecified atom stereocenters. The molecule has 1 aliphatic heterocycles. The van der Waals surface area contributed by atoms with Crippen molar-refractivity contribution < 1.29 is 19.1 Å². The molecule has 0 aliphatic carbocycles. The number of carbonyl (C=O) groups is 2. The van der Waals surface area contributed by atoms with Gasteiger partial charge in [0, 0.05) is 6.42 Å². The number of urea groups is 1. The Balaban J connectivity index is 1.84. The van der Waals surface area contributed by atoms with E-state index < -0.39 is 11.6 Å². The van der Waals surface area contributed by atoms with Crippen LogP contribution in [0.4, 0.5) is 16.2 Å². The number of imide groups is 1. The Kier molecular flexibility index (Phi) is 4.81. The molecular weight excluding hydrogens is 348 g/mol. The van der Waals surface area contributed by atoms with Crippen LogP contribution in [0.2, 0.25) is 0 Å². The van der Waals surface area contributed by atoms with Crippen molar-refractivity contribution in [1.82, 2.24) is 10.6 Å². The Bertz CT molecular complexity index is 859. The van der Waals surface area contributed by atoms with E-state index in [9.17, 15) is 9.59 Å². The van der Waals surface area contributed by atoms with Crippen molar-refractivity contribution in [3.05, 3.63) is 42.0 Å². The zero-order chi connectivity index (χ0) is 19.6. The van der Waals surface area contributed by atoms with E-state index in [0.29, 0.717) is 35.0 Å². The monoisotopic (exact) mass is 370 g/mol. The zero-order valence-corrected chi connectivity index (χ0v) is 15.2. The quantitative estimate of drug-likeness (QED) is 0.456. The third-order valence-electron chi connectivity index (χ3n) is 4.61. The van der Waals surface area contributed by atoms with Crippen LogP contribution in [0.25, 0.3) is 0 Å². The molecule has 3 rings (SSSR count). The van der Waals surface area contributed by atoms with Gasteiger partial charge in [-0.2, -0.15) is 0 Å². The minimum atomic E-state index is -1.01. The standard InChI is InChI=1S/C19H22N4O4/c1-3-19(17(24)22-18(25)23-19)10-11-8-14(20)16(15(21)9-11)27-13-6-4-12(26-2)5-7-13/h4-9H,3,10,20-21H2,1-2H3,(H2,22,23,24,25). The van der Waals surface area contributed by atoms with Gasteiger partial charge in [0.05, 0.1) is 18.5 Å². The van der Waals surface area contributed by atoms with E-state index in [4.69, 9.17) is 20.9 Å². The number of amides is 3. The molecule has 6 N–H and O–H groups in total. The third kappa shape index (κ3) is 3.59. The lowest BCUT2D eigenvalue weighted by Gasteiger charge is -2.25. The predicted octanol–water partition coefficient (Wildman–Crippen LogP) is 2.18. The van der Waals surface area contributed by atoms with Gasteiger partial charge in [-0.05, 0) is 48.4 Å². The van der Waals surface area contributed by atoms with Gasteiger partial charge in [-0.3, -0.25) is 10.1 Å². The van der Waals surface area contributed by atoms with Crippen molar-refractivity contribution in [3.8, 4) is 17.2 Å². The van der Waals surface area contributed by atoms with Gasteiger partial charge in [0.25, 0.3) is 5.91 Å². The van der Waals surface area contributed by atoms with Crippen LogP contribution in [0.5, 0.6) is 17.2 Å². The smallest absolute Gasteiger partial charge is 0.322 e. The highest BCUT2D eigenvalue weighted by Gasteiger charge is 2.44. The van der Waals surface area contributed by atoms with Gasteiger partial charge in [-0.25, -0.2) is 4.79 Å². The number of rotatable bonds is 6. The number of nitrogens with one attached hydrogen (secondary N) is 2. The van der Waals surface area contributed by atoms with Gasteiger partial charge < -0.3 is 26.3 Å². The molecule has 1 fully saturated rings. The number of anilines is 2. The third-order valence-corrected chi connectivity index (χ3v) is 4.61. The largest absolute Gasteiger partial charge is 0.497 e. The summed E-state index contributed by atoms with van der Waals surface area (Å²) in [6.07, 6.45) is 0.715. The average molecular weight is 370 g/mol. The molecule has 8 nitrogen and oxygen atoms in total. The van der Waals surface area contributed by atoms with Gasteiger partial charge in [-0.15, -0.1) is 0 Å². The van der Waals surface area contributed by atoms with E-state index >= 15 is 0 Å². The maximum absolute atomic E-state index is 12.2. The van der Waals surface area contributed by atoms with E-state index in [1.165, 1.54) is 0 Å². The van der Waals surface area contributed by atoms with Crippen molar-refractivity contribution in [2.24, 2.45) is 0 Å². The number of methoxy groups -OCH3 is 1. The Morgan fingerprint density at radius 2 is 1.63 bits per heavy atom. The molecule has 2 aromatic rings. The molecule has 0 bridgehead atoms. The molecule has 1 heterocycles. The Labute approximate surface area is 156 Å². The summed E-state index contributed by atoms with van der Waals surface area (Å²) in [6.45, 7) is 1.83. The van der Waals surface area contributed by atoms with Crippen LogP contribution in [0.1, 0.15) is 18.9 Å². The van der Waals surface area contributed by atoms with Crippen LogP contribution in [0, 0.1) is 0 Å². The first-order valence-electron chi connectivity index (χ1n) is 8.50. The fourth-order valence-electron chi connectivity index (χ4n) is 3.10. The summed E-state index contributed by atoms with van der Waals surface area (Å²) in [5, 5.41) is 4.97. The summed E-state index contributed by atoms with van der Waals surface area (Å²) >= 11 is 0. The lowest BCUT2D eigenvalue weighted by atomic mass is 9.88. The Morgan fingerprint density at radius 3 is 2.11 bits per heavy atom. The minimum Gasteiger partial charge on any atom is -0.497 e. The van der Waals surface area contributed by atoms with E-state index in [1.807, 2.05) is 6.92 Å². The second kappa shape index (κ2) is 7.06. The van der Waals surface area contributed by atoms with Crippen LogP contribution in [0.15, 0.2) is 36.4 Å². The first kappa shape index (κ1) is 18.4. The number of ether oxygens (including phenoxy) is 2. The molecule has 1 atom stereocenters. The van der Waals surface area contributed by atoms with Crippen molar-refractivity contribution >= 4 is 23.3 Å². The van der Waals surface area contributed by atoms with Crippen LogP contribution < -0.4 is 31.6 Å². The maximum atomic E-state index is 12.2. The number of carbonyl (C=O) groups excluding carboxylic acids is 2. The second-order valence-electron chi connectivity index (χ2n) is 6.40. The summed E-state index contributed by atoms with van der Waals surface area (Å²) in [7, 11) is 1.58. The lowest BCUT2D eigenvalue weighted by molar-refractivity contribution is -0.124. The molecule has 0 spiro atoms. The number of benzene rings is 2. The lowest BCUT2D eigenvalue weighted by Crippen LogP contribution is -2.48. The molecule has 2 aromatic carbocycles. The van der Waals surface area contributed by atoms with E-state index in [1.54, 1.807) is 43.5 Å². The summed E-state index contributed by atoms with van der Waals surface area (Å²) < 4.78 is 10.9. The second-order valence-corrected chi connectivity index (χ2v) is 6.40. The van der Waals surface area contributed by atoms with E-state index in [2.05, 4.69) is 10.6 Å². The van der Waals surface area contributed by atoms with Crippen molar-refractivity contribution in [1.29, 1.82) is 0 Å². The molecule has 142 valence electrons. The number of nitrogen functional groups attached to an aromatic ring is 2. The fraction of sp³-hybridized carbons (Fsp3) is 0.263. The molecule has 27 heavy (non-hydrogen) atoms. The van der Waals surface area contributed by atoms with Gasteiger partial charge in [0.1, 0.15) is 17.0 Å². The SMILES string of the molecule is CCC1(Cc2cc(N)c(Oc3ccc(OC)cc3)c(N)c2)NC(=O)NC1=O. The highest BCUT2D eigenvalue weighted by Crippen LogP contribution is 2.36. The van der Waals surface area contributed by atoms with Gasteiger partial charge in [-0.1, -0.05) is 6.92 Å². The number of hydrogen-bond acceptors (Lipinski definition) is 6. The highest BCUT2D eigenvalue weighted by molar-refractivity contribution is 6.07. The first-order chi connectivity index (χ1) is 12.9.